The number of carbonyl (C=O) groups excluding carboxylic acids is 1. The molecule has 3 aromatic rings. The van der Waals surface area contributed by atoms with Crippen molar-refractivity contribution in [2.75, 3.05) is 5.01 Å². The highest BCUT2D eigenvalue weighted by atomic mass is 19.1. The summed E-state index contributed by atoms with van der Waals surface area (Å²) < 4.78 is 13.4. The molecule has 3 nitrogen and oxygen atoms in total. The maximum absolute atomic E-state index is 13.4. The fourth-order valence-corrected chi connectivity index (χ4v) is 2.79. The van der Waals surface area contributed by atoms with Gasteiger partial charge >= 0.3 is 0 Å². The molecule has 0 spiro atoms. The van der Waals surface area contributed by atoms with Gasteiger partial charge in [0.1, 0.15) is 5.82 Å². The number of hydrogen-bond donors (Lipinski definition) is 0. The summed E-state index contributed by atoms with van der Waals surface area (Å²) in [5, 5.41) is 5.81. The van der Waals surface area contributed by atoms with Crippen LogP contribution in [-0.4, -0.2) is 12.1 Å². The topological polar surface area (TPSA) is 32.7 Å². The van der Waals surface area contributed by atoms with Crippen molar-refractivity contribution in [3.8, 4) is 0 Å². The van der Waals surface area contributed by atoms with Gasteiger partial charge in [0, 0.05) is 11.0 Å². The van der Waals surface area contributed by atoms with Crippen LogP contribution in [0.1, 0.15) is 37.5 Å². The first-order chi connectivity index (χ1) is 14.3. The van der Waals surface area contributed by atoms with Gasteiger partial charge in [-0.2, -0.15) is 5.10 Å². The van der Waals surface area contributed by atoms with Gasteiger partial charge in [-0.1, -0.05) is 87.5 Å². The molecular formula is C26H25FN2O. The number of halogens is 1. The van der Waals surface area contributed by atoms with Crippen LogP contribution in [0.3, 0.4) is 0 Å². The van der Waals surface area contributed by atoms with Gasteiger partial charge in [0.05, 0.1) is 11.9 Å². The van der Waals surface area contributed by atoms with Crippen molar-refractivity contribution in [1.29, 1.82) is 0 Å². The van der Waals surface area contributed by atoms with E-state index >= 15 is 0 Å². The number of nitrogens with zero attached hydrogens (tertiary/aromatic N) is 2. The van der Waals surface area contributed by atoms with Gasteiger partial charge < -0.3 is 0 Å². The Labute approximate surface area is 177 Å². The van der Waals surface area contributed by atoms with E-state index in [1.165, 1.54) is 17.1 Å². The van der Waals surface area contributed by atoms with Crippen molar-refractivity contribution < 1.29 is 9.18 Å². The molecule has 4 heteroatoms. The Hall–Kier alpha value is -3.53. The molecule has 0 aliphatic carbocycles. The first-order valence-electron chi connectivity index (χ1n) is 9.81. The predicted octanol–water partition coefficient (Wildman–Crippen LogP) is 6.41. The first-order valence-corrected chi connectivity index (χ1v) is 9.81. The van der Waals surface area contributed by atoms with Gasteiger partial charge in [-0.25, -0.2) is 9.40 Å². The fraction of sp³-hybridized carbons (Fsp3) is 0.154. The molecule has 0 saturated heterocycles. The maximum atomic E-state index is 13.4. The highest BCUT2D eigenvalue weighted by Gasteiger charge is 2.28. The van der Waals surface area contributed by atoms with Crippen LogP contribution in [0, 0.1) is 11.2 Å². The SMILES string of the molecule is CC(C)(C)C(=O)N(/N=C/c1ccccc1/C=C/c1ccccc1)c1ccc(F)cc1. The lowest BCUT2D eigenvalue weighted by Gasteiger charge is -2.25. The quantitative estimate of drug-likeness (QED) is 0.277. The van der Waals surface area contributed by atoms with Crippen LogP contribution >= 0.6 is 0 Å². The third kappa shape index (κ3) is 5.51. The van der Waals surface area contributed by atoms with Crippen molar-refractivity contribution in [3.05, 3.63) is 101 Å². The lowest BCUT2D eigenvalue weighted by Crippen LogP contribution is -2.36. The smallest absolute Gasteiger partial charge is 0.252 e. The molecule has 0 fully saturated rings. The molecule has 3 rings (SSSR count). The molecule has 30 heavy (non-hydrogen) atoms. The molecule has 0 aliphatic rings. The Morgan fingerprint density at radius 3 is 2.07 bits per heavy atom. The molecule has 1 amide bonds. The molecule has 0 bridgehead atoms. The standard InChI is InChI=1S/C26H25FN2O/c1-26(2,3)25(30)29(24-17-15-23(27)16-18-24)28-19-22-12-8-7-11-21(22)14-13-20-9-5-4-6-10-20/h4-19H,1-3H3/b14-13+,28-19+. The third-order valence-corrected chi connectivity index (χ3v) is 4.47. The average Bonchev–Trinajstić information content (AvgIpc) is 2.74. The summed E-state index contributed by atoms with van der Waals surface area (Å²) in [6, 6.07) is 23.6. The van der Waals surface area contributed by atoms with Crippen molar-refractivity contribution in [2.45, 2.75) is 20.8 Å². The van der Waals surface area contributed by atoms with E-state index in [0.29, 0.717) is 5.69 Å². The Morgan fingerprint density at radius 1 is 0.833 bits per heavy atom. The van der Waals surface area contributed by atoms with E-state index in [9.17, 15) is 9.18 Å². The molecule has 0 heterocycles. The molecule has 3 aromatic carbocycles. The molecule has 0 radical (unpaired) electrons. The average molecular weight is 400 g/mol. The monoisotopic (exact) mass is 400 g/mol. The van der Waals surface area contributed by atoms with Crippen LogP contribution in [0.25, 0.3) is 12.2 Å². The van der Waals surface area contributed by atoms with Crippen molar-refractivity contribution in [3.63, 3.8) is 0 Å². The normalized spacial score (nSPS) is 11.9. The number of benzene rings is 3. The maximum Gasteiger partial charge on any atom is 0.252 e. The van der Waals surface area contributed by atoms with Crippen molar-refractivity contribution in [2.24, 2.45) is 10.5 Å². The Morgan fingerprint density at radius 2 is 1.43 bits per heavy atom. The Balaban J connectivity index is 1.93. The summed E-state index contributed by atoms with van der Waals surface area (Å²) in [6.45, 7) is 5.49. The number of rotatable bonds is 5. The highest BCUT2D eigenvalue weighted by Crippen LogP contribution is 2.24. The van der Waals surface area contributed by atoms with Crippen LogP contribution in [0.4, 0.5) is 10.1 Å². The van der Waals surface area contributed by atoms with Crippen molar-refractivity contribution >= 4 is 30.0 Å². The Bertz CT molecular complexity index is 1050. The van der Waals surface area contributed by atoms with E-state index in [-0.39, 0.29) is 11.7 Å². The molecular weight excluding hydrogens is 375 g/mol. The van der Waals surface area contributed by atoms with Gasteiger partial charge in [0.15, 0.2) is 0 Å². The number of hydrogen-bond acceptors (Lipinski definition) is 2. The van der Waals surface area contributed by atoms with Gasteiger partial charge in [-0.05, 0) is 35.4 Å². The van der Waals surface area contributed by atoms with Crippen LogP contribution in [0.15, 0.2) is 84.0 Å². The highest BCUT2D eigenvalue weighted by molar-refractivity contribution is 5.98. The molecule has 152 valence electrons. The van der Waals surface area contributed by atoms with Crippen LogP contribution < -0.4 is 5.01 Å². The summed E-state index contributed by atoms with van der Waals surface area (Å²) in [5.74, 6) is -0.537. The van der Waals surface area contributed by atoms with E-state index in [0.717, 1.165) is 16.7 Å². The zero-order chi connectivity index (χ0) is 21.6. The van der Waals surface area contributed by atoms with E-state index < -0.39 is 5.41 Å². The van der Waals surface area contributed by atoms with Crippen LogP contribution in [0.2, 0.25) is 0 Å². The largest absolute Gasteiger partial charge is 0.272 e. The number of anilines is 1. The van der Waals surface area contributed by atoms with Crippen LogP contribution in [0.5, 0.6) is 0 Å². The molecule has 0 saturated carbocycles. The molecule has 0 aliphatic heterocycles. The number of hydrazone groups is 1. The first kappa shape index (κ1) is 21.2. The summed E-state index contributed by atoms with van der Waals surface area (Å²) in [5.41, 5.74) is 2.83. The molecule has 0 aromatic heterocycles. The molecule has 0 unspecified atom stereocenters. The molecule has 0 N–H and O–H groups in total. The van der Waals surface area contributed by atoms with Gasteiger partial charge in [0.25, 0.3) is 5.91 Å². The minimum Gasteiger partial charge on any atom is -0.272 e. The number of carbonyl (C=O) groups is 1. The second-order valence-corrected chi connectivity index (χ2v) is 7.96. The fourth-order valence-electron chi connectivity index (χ4n) is 2.79. The van der Waals surface area contributed by atoms with E-state index in [1.807, 2.05) is 87.5 Å². The predicted molar refractivity (Wildman–Crippen MR) is 123 cm³/mol. The minimum atomic E-state index is -0.640. The second-order valence-electron chi connectivity index (χ2n) is 7.96. The lowest BCUT2D eigenvalue weighted by atomic mass is 9.95. The summed E-state index contributed by atoms with van der Waals surface area (Å²) in [7, 11) is 0. The van der Waals surface area contributed by atoms with E-state index in [1.54, 1.807) is 18.3 Å². The van der Waals surface area contributed by atoms with Crippen LogP contribution in [-0.2, 0) is 4.79 Å². The van der Waals surface area contributed by atoms with Crippen molar-refractivity contribution in [1.82, 2.24) is 0 Å². The Kier molecular flexibility index (Phi) is 6.58. The second kappa shape index (κ2) is 9.31. The number of amides is 1. The summed E-state index contributed by atoms with van der Waals surface area (Å²) >= 11 is 0. The summed E-state index contributed by atoms with van der Waals surface area (Å²) in [6.07, 6.45) is 5.72. The zero-order valence-corrected chi connectivity index (χ0v) is 17.4. The van der Waals surface area contributed by atoms with Gasteiger partial charge in [0.2, 0.25) is 0 Å². The summed E-state index contributed by atoms with van der Waals surface area (Å²) in [4.78, 5) is 13.0. The van der Waals surface area contributed by atoms with E-state index in [2.05, 4.69) is 5.10 Å². The zero-order valence-electron chi connectivity index (χ0n) is 17.4. The lowest BCUT2D eigenvalue weighted by molar-refractivity contribution is -0.125. The van der Waals surface area contributed by atoms with Gasteiger partial charge in [-0.3, -0.25) is 4.79 Å². The molecule has 0 atom stereocenters. The van der Waals surface area contributed by atoms with E-state index in [4.69, 9.17) is 0 Å². The van der Waals surface area contributed by atoms with Gasteiger partial charge in [-0.15, -0.1) is 0 Å². The third-order valence-electron chi connectivity index (χ3n) is 4.47. The minimum absolute atomic E-state index is 0.178.